The van der Waals surface area contributed by atoms with E-state index in [9.17, 15) is 9.50 Å². The standard InChI is InChI=1S/C9H16FN3O/c1-6-7(2)13(5-8(14)3-10)9(4-11)12-6/h8,14H,3-5,11H2,1-2H3. The normalized spacial score (nSPS) is 13.2. The lowest BCUT2D eigenvalue weighted by Crippen LogP contribution is -2.21. The fourth-order valence-corrected chi connectivity index (χ4v) is 1.38. The molecule has 0 saturated heterocycles. The van der Waals surface area contributed by atoms with Crippen LogP contribution in [0.4, 0.5) is 4.39 Å². The van der Waals surface area contributed by atoms with Gasteiger partial charge in [-0.2, -0.15) is 0 Å². The molecule has 0 aliphatic carbocycles. The SMILES string of the molecule is Cc1nc(CN)n(CC(O)CF)c1C. The number of nitrogens with zero attached hydrogens (tertiary/aromatic N) is 2. The summed E-state index contributed by atoms with van der Waals surface area (Å²) >= 11 is 0. The van der Waals surface area contributed by atoms with Crippen molar-refractivity contribution in [3.63, 3.8) is 0 Å². The molecule has 1 aromatic heterocycles. The number of hydrogen-bond acceptors (Lipinski definition) is 3. The van der Waals surface area contributed by atoms with Gasteiger partial charge in [-0.25, -0.2) is 9.37 Å². The molecule has 5 heteroatoms. The number of rotatable bonds is 4. The highest BCUT2D eigenvalue weighted by molar-refractivity contribution is 5.14. The molecule has 0 aliphatic rings. The molecule has 1 unspecified atom stereocenters. The average molecular weight is 201 g/mol. The van der Waals surface area contributed by atoms with E-state index in [-0.39, 0.29) is 6.54 Å². The molecule has 0 radical (unpaired) electrons. The molecular weight excluding hydrogens is 185 g/mol. The Morgan fingerprint density at radius 3 is 2.71 bits per heavy atom. The lowest BCUT2D eigenvalue weighted by atomic mass is 10.3. The minimum atomic E-state index is -0.979. The number of aromatic nitrogens is 2. The van der Waals surface area contributed by atoms with Crippen LogP contribution in [0.25, 0.3) is 0 Å². The van der Waals surface area contributed by atoms with Crippen LogP contribution in [0, 0.1) is 13.8 Å². The Hall–Kier alpha value is -0.940. The number of aliphatic hydroxyl groups excluding tert-OH is 1. The van der Waals surface area contributed by atoms with Gasteiger partial charge in [0.1, 0.15) is 18.6 Å². The number of aliphatic hydroxyl groups is 1. The van der Waals surface area contributed by atoms with Crippen molar-refractivity contribution in [1.29, 1.82) is 0 Å². The van der Waals surface area contributed by atoms with Gasteiger partial charge in [0, 0.05) is 5.69 Å². The number of hydrogen-bond donors (Lipinski definition) is 2. The molecule has 1 aromatic rings. The summed E-state index contributed by atoms with van der Waals surface area (Å²) < 4.78 is 13.9. The van der Waals surface area contributed by atoms with E-state index < -0.39 is 12.8 Å². The van der Waals surface area contributed by atoms with Gasteiger partial charge in [0.15, 0.2) is 0 Å². The highest BCUT2D eigenvalue weighted by Gasteiger charge is 2.13. The summed E-state index contributed by atoms with van der Waals surface area (Å²) in [7, 11) is 0. The summed E-state index contributed by atoms with van der Waals surface area (Å²) in [4.78, 5) is 4.22. The van der Waals surface area contributed by atoms with Crippen molar-refractivity contribution in [1.82, 2.24) is 9.55 Å². The summed E-state index contributed by atoms with van der Waals surface area (Å²) in [6, 6.07) is 0. The van der Waals surface area contributed by atoms with Gasteiger partial charge in [0.05, 0.1) is 18.8 Å². The Bertz CT molecular complexity index is 311. The van der Waals surface area contributed by atoms with E-state index in [0.717, 1.165) is 11.4 Å². The smallest absolute Gasteiger partial charge is 0.123 e. The van der Waals surface area contributed by atoms with Gasteiger partial charge in [-0.05, 0) is 13.8 Å². The summed E-state index contributed by atoms with van der Waals surface area (Å²) in [5.41, 5.74) is 7.29. The van der Waals surface area contributed by atoms with Crippen LogP contribution in [-0.4, -0.2) is 27.4 Å². The number of halogens is 1. The Kier molecular flexibility index (Phi) is 3.60. The first-order chi connectivity index (χ1) is 6.60. The van der Waals surface area contributed by atoms with Crippen LogP contribution < -0.4 is 5.73 Å². The second kappa shape index (κ2) is 4.52. The Morgan fingerprint density at radius 1 is 1.57 bits per heavy atom. The van der Waals surface area contributed by atoms with Crippen molar-refractivity contribution in [3.05, 3.63) is 17.2 Å². The molecule has 0 saturated carbocycles. The van der Waals surface area contributed by atoms with E-state index in [1.807, 2.05) is 13.8 Å². The van der Waals surface area contributed by atoms with Gasteiger partial charge in [0.25, 0.3) is 0 Å². The molecule has 1 atom stereocenters. The average Bonchev–Trinajstić information content (AvgIpc) is 2.45. The third-order valence-corrected chi connectivity index (χ3v) is 2.29. The fraction of sp³-hybridized carbons (Fsp3) is 0.667. The molecule has 0 amide bonds. The zero-order valence-corrected chi connectivity index (χ0v) is 8.50. The zero-order valence-electron chi connectivity index (χ0n) is 8.50. The fourth-order valence-electron chi connectivity index (χ4n) is 1.38. The summed E-state index contributed by atoms with van der Waals surface area (Å²) in [6.07, 6.45) is -0.979. The minimum absolute atomic E-state index is 0.218. The van der Waals surface area contributed by atoms with E-state index >= 15 is 0 Å². The van der Waals surface area contributed by atoms with E-state index in [0.29, 0.717) is 12.4 Å². The van der Waals surface area contributed by atoms with Gasteiger partial charge < -0.3 is 15.4 Å². The van der Waals surface area contributed by atoms with Gasteiger partial charge in [0.2, 0.25) is 0 Å². The number of imidazole rings is 1. The van der Waals surface area contributed by atoms with Gasteiger partial charge in [-0.1, -0.05) is 0 Å². The molecule has 1 rings (SSSR count). The lowest BCUT2D eigenvalue weighted by molar-refractivity contribution is 0.120. The van der Waals surface area contributed by atoms with Crippen LogP contribution >= 0.6 is 0 Å². The molecular formula is C9H16FN3O. The van der Waals surface area contributed by atoms with Gasteiger partial charge in [-0.3, -0.25) is 0 Å². The first-order valence-electron chi connectivity index (χ1n) is 4.56. The third-order valence-electron chi connectivity index (χ3n) is 2.29. The van der Waals surface area contributed by atoms with Crippen molar-refractivity contribution in [2.75, 3.05) is 6.67 Å². The second-order valence-corrected chi connectivity index (χ2v) is 3.32. The third kappa shape index (κ3) is 2.10. The lowest BCUT2D eigenvalue weighted by Gasteiger charge is -2.11. The molecule has 4 nitrogen and oxygen atoms in total. The second-order valence-electron chi connectivity index (χ2n) is 3.32. The van der Waals surface area contributed by atoms with Gasteiger partial charge in [-0.15, -0.1) is 0 Å². The largest absolute Gasteiger partial charge is 0.389 e. The number of alkyl halides is 1. The predicted octanol–water partition coefficient (Wildman–Crippen LogP) is 0.289. The quantitative estimate of drug-likeness (QED) is 0.736. The van der Waals surface area contributed by atoms with Crippen molar-refractivity contribution < 1.29 is 9.50 Å². The van der Waals surface area contributed by atoms with Crippen LogP contribution in [0.1, 0.15) is 17.2 Å². The first-order valence-corrected chi connectivity index (χ1v) is 4.56. The monoisotopic (exact) mass is 201 g/mol. The van der Waals surface area contributed by atoms with E-state index in [2.05, 4.69) is 4.98 Å². The maximum Gasteiger partial charge on any atom is 0.123 e. The van der Waals surface area contributed by atoms with Crippen molar-refractivity contribution >= 4 is 0 Å². The van der Waals surface area contributed by atoms with Crippen molar-refractivity contribution in [3.8, 4) is 0 Å². The van der Waals surface area contributed by atoms with Crippen LogP contribution in [0.3, 0.4) is 0 Å². The summed E-state index contributed by atoms with van der Waals surface area (Å²) in [5.74, 6) is 0.688. The highest BCUT2D eigenvalue weighted by atomic mass is 19.1. The van der Waals surface area contributed by atoms with E-state index in [1.165, 1.54) is 0 Å². The van der Waals surface area contributed by atoms with Crippen LogP contribution in [0.2, 0.25) is 0 Å². The van der Waals surface area contributed by atoms with Gasteiger partial charge >= 0.3 is 0 Å². The predicted molar refractivity (Wildman–Crippen MR) is 51.6 cm³/mol. The Morgan fingerprint density at radius 2 is 2.21 bits per heavy atom. The topological polar surface area (TPSA) is 64.1 Å². The molecule has 0 aliphatic heterocycles. The number of nitrogens with two attached hydrogens (primary N) is 1. The molecule has 0 spiro atoms. The van der Waals surface area contributed by atoms with E-state index in [4.69, 9.17) is 5.73 Å². The molecule has 3 N–H and O–H groups in total. The summed E-state index contributed by atoms with van der Waals surface area (Å²) in [6.45, 7) is 3.52. The highest BCUT2D eigenvalue weighted by Crippen LogP contribution is 2.10. The van der Waals surface area contributed by atoms with Crippen molar-refractivity contribution in [2.24, 2.45) is 5.73 Å². The molecule has 0 aromatic carbocycles. The first kappa shape index (κ1) is 11.1. The zero-order chi connectivity index (χ0) is 10.7. The van der Waals surface area contributed by atoms with E-state index in [1.54, 1.807) is 4.57 Å². The molecule has 0 fully saturated rings. The molecule has 14 heavy (non-hydrogen) atoms. The van der Waals surface area contributed by atoms with Crippen LogP contribution in [-0.2, 0) is 13.1 Å². The Labute approximate surface area is 82.6 Å². The van der Waals surface area contributed by atoms with Crippen LogP contribution in [0.15, 0.2) is 0 Å². The molecule has 1 heterocycles. The molecule has 0 bridgehead atoms. The maximum absolute atomic E-state index is 12.1. The molecule has 80 valence electrons. The Balaban J connectivity index is 2.93. The van der Waals surface area contributed by atoms with Crippen molar-refractivity contribution in [2.45, 2.75) is 33.0 Å². The number of aryl methyl sites for hydroxylation is 1. The maximum atomic E-state index is 12.1. The summed E-state index contributed by atoms with van der Waals surface area (Å²) in [5, 5.41) is 9.20. The van der Waals surface area contributed by atoms with Crippen LogP contribution in [0.5, 0.6) is 0 Å². The minimum Gasteiger partial charge on any atom is -0.389 e.